The van der Waals surface area contributed by atoms with Crippen molar-refractivity contribution in [2.24, 2.45) is 5.92 Å². The van der Waals surface area contributed by atoms with Crippen LogP contribution in [-0.2, 0) is 20.6 Å². The van der Waals surface area contributed by atoms with E-state index in [0.29, 0.717) is 29.2 Å². The van der Waals surface area contributed by atoms with Crippen LogP contribution in [0.4, 0.5) is 17.6 Å². The Labute approximate surface area is 164 Å². The first-order valence-electron chi connectivity index (χ1n) is 8.75. The summed E-state index contributed by atoms with van der Waals surface area (Å²) in [5.74, 6) is -1.57. The van der Waals surface area contributed by atoms with Crippen LogP contribution in [0, 0.1) is 11.7 Å². The van der Waals surface area contributed by atoms with Crippen molar-refractivity contribution in [2.75, 3.05) is 12.9 Å². The number of hydrogen-bond acceptors (Lipinski definition) is 5. The van der Waals surface area contributed by atoms with Crippen LogP contribution >= 0.6 is 11.8 Å². The van der Waals surface area contributed by atoms with E-state index >= 15 is 0 Å². The number of alkyl halides is 3. The molecule has 1 aromatic rings. The summed E-state index contributed by atoms with van der Waals surface area (Å²) < 4.78 is 51.6. The van der Waals surface area contributed by atoms with Crippen molar-refractivity contribution < 1.29 is 32.0 Å². The van der Waals surface area contributed by atoms with E-state index in [9.17, 15) is 27.2 Å². The number of allylic oxidation sites excluding steroid dienone is 2. The first kappa shape index (κ1) is 22.4. The summed E-state index contributed by atoms with van der Waals surface area (Å²) in [6.07, 6.45) is -3.40. The molecule has 1 aliphatic rings. The van der Waals surface area contributed by atoms with Gasteiger partial charge in [-0.2, -0.15) is 13.2 Å². The lowest BCUT2D eigenvalue weighted by atomic mass is 9.81. The molecule has 4 nitrogen and oxygen atoms in total. The van der Waals surface area contributed by atoms with Crippen molar-refractivity contribution in [3.8, 4) is 0 Å². The SMILES string of the molecule is CCC(NOC)=C1C(=O)CC(CCSc2ccc(F)c(C(F)(F)F)c2)CC1=O. The fourth-order valence-corrected chi connectivity index (χ4v) is 4.13. The molecule has 0 unspecified atom stereocenters. The van der Waals surface area contributed by atoms with E-state index in [2.05, 4.69) is 5.48 Å². The van der Waals surface area contributed by atoms with Crippen LogP contribution in [0.25, 0.3) is 0 Å². The summed E-state index contributed by atoms with van der Waals surface area (Å²) in [4.78, 5) is 29.8. The molecule has 154 valence electrons. The van der Waals surface area contributed by atoms with Crippen LogP contribution in [0.3, 0.4) is 0 Å². The summed E-state index contributed by atoms with van der Waals surface area (Å²) in [5, 5.41) is 0. The Kier molecular flexibility index (Phi) is 7.65. The number of ketones is 2. The Morgan fingerprint density at radius 1 is 1.25 bits per heavy atom. The highest BCUT2D eigenvalue weighted by molar-refractivity contribution is 7.99. The summed E-state index contributed by atoms with van der Waals surface area (Å²) >= 11 is 1.14. The van der Waals surface area contributed by atoms with Crippen molar-refractivity contribution in [1.82, 2.24) is 5.48 Å². The molecule has 0 aromatic heterocycles. The number of rotatable bonds is 7. The van der Waals surface area contributed by atoms with E-state index in [4.69, 9.17) is 4.84 Å². The van der Waals surface area contributed by atoms with Crippen LogP contribution in [0.5, 0.6) is 0 Å². The topological polar surface area (TPSA) is 55.4 Å². The number of carbonyl (C=O) groups excluding carboxylic acids is 2. The zero-order valence-electron chi connectivity index (χ0n) is 15.5. The molecule has 0 amide bonds. The summed E-state index contributed by atoms with van der Waals surface area (Å²) in [6.45, 7) is 1.80. The molecule has 1 saturated carbocycles. The Balaban J connectivity index is 1.97. The van der Waals surface area contributed by atoms with E-state index < -0.39 is 17.6 Å². The maximum Gasteiger partial charge on any atom is 0.419 e. The minimum atomic E-state index is -4.75. The number of nitrogens with one attached hydrogen (secondary N) is 1. The van der Waals surface area contributed by atoms with E-state index in [-0.39, 0.29) is 35.9 Å². The first-order chi connectivity index (χ1) is 13.2. The molecule has 1 N–H and O–H groups in total. The van der Waals surface area contributed by atoms with Gasteiger partial charge in [0.1, 0.15) is 5.82 Å². The Morgan fingerprint density at radius 3 is 2.43 bits per heavy atom. The largest absolute Gasteiger partial charge is 0.419 e. The summed E-state index contributed by atoms with van der Waals surface area (Å²) in [5.41, 5.74) is 1.87. The zero-order valence-corrected chi connectivity index (χ0v) is 16.3. The van der Waals surface area contributed by atoms with Crippen LogP contribution in [0.1, 0.15) is 38.2 Å². The zero-order chi connectivity index (χ0) is 20.9. The van der Waals surface area contributed by atoms with Crippen molar-refractivity contribution in [3.05, 3.63) is 40.8 Å². The van der Waals surface area contributed by atoms with Crippen molar-refractivity contribution in [3.63, 3.8) is 0 Å². The second-order valence-corrected chi connectivity index (χ2v) is 7.58. The first-order valence-corrected chi connectivity index (χ1v) is 9.74. The summed E-state index contributed by atoms with van der Waals surface area (Å²) in [7, 11) is 1.40. The van der Waals surface area contributed by atoms with Crippen LogP contribution in [0.2, 0.25) is 0 Å². The van der Waals surface area contributed by atoms with Gasteiger partial charge in [-0.05, 0) is 42.7 Å². The molecule has 28 heavy (non-hydrogen) atoms. The molecular formula is C19H21F4NO3S. The molecule has 2 rings (SSSR count). The molecule has 1 aliphatic carbocycles. The monoisotopic (exact) mass is 419 g/mol. The molecular weight excluding hydrogens is 398 g/mol. The van der Waals surface area contributed by atoms with Crippen LogP contribution in [-0.4, -0.2) is 24.4 Å². The van der Waals surface area contributed by atoms with Gasteiger partial charge in [-0.25, -0.2) is 4.39 Å². The lowest BCUT2D eigenvalue weighted by Crippen LogP contribution is -2.30. The van der Waals surface area contributed by atoms with Gasteiger partial charge < -0.3 is 0 Å². The van der Waals surface area contributed by atoms with Crippen molar-refractivity contribution in [2.45, 2.75) is 43.7 Å². The predicted octanol–water partition coefficient (Wildman–Crippen LogP) is 4.69. The molecule has 1 fully saturated rings. The lowest BCUT2D eigenvalue weighted by Gasteiger charge is -2.23. The molecule has 0 atom stereocenters. The highest BCUT2D eigenvalue weighted by Crippen LogP contribution is 2.35. The minimum Gasteiger partial charge on any atom is -0.294 e. The van der Waals surface area contributed by atoms with Crippen molar-refractivity contribution in [1.29, 1.82) is 0 Å². The predicted molar refractivity (Wildman–Crippen MR) is 96.9 cm³/mol. The number of carbonyl (C=O) groups is 2. The molecule has 0 aliphatic heterocycles. The third kappa shape index (κ3) is 5.57. The number of benzene rings is 1. The quantitative estimate of drug-likeness (QED) is 0.228. The van der Waals surface area contributed by atoms with Crippen LogP contribution < -0.4 is 5.48 Å². The van der Waals surface area contributed by atoms with Crippen molar-refractivity contribution >= 4 is 23.3 Å². The van der Waals surface area contributed by atoms with E-state index in [1.54, 1.807) is 6.92 Å². The number of thioether (sulfide) groups is 1. The van der Waals surface area contributed by atoms with E-state index in [0.717, 1.165) is 23.9 Å². The molecule has 9 heteroatoms. The second kappa shape index (κ2) is 9.56. The van der Waals surface area contributed by atoms with E-state index in [1.165, 1.54) is 13.2 Å². The van der Waals surface area contributed by atoms with Gasteiger partial charge in [0.05, 0.1) is 23.9 Å². The van der Waals surface area contributed by atoms with Gasteiger partial charge in [0.15, 0.2) is 11.6 Å². The van der Waals surface area contributed by atoms with Gasteiger partial charge in [0.25, 0.3) is 0 Å². The standard InChI is InChI=1S/C19H21F4NO3S/c1-3-15(24-27-2)18-16(25)8-11(9-17(18)26)6-7-28-12-4-5-14(20)13(10-12)19(21,22)23/h4-5,10-11,24H,3,6-9H2,1-2H3. The molecule has 1 aromatic carbocycles. The van der Waals surface area contributed by atoms with Gasteiger partial charge in [0.2, 0.25) is 0 Å². The van der Waals surface area contributed by atoms with Gasteiger partial charge >= 0.3 is 6.18 Å². The molecule has 0 radical (unpaired) electrons. The normalized spacial score (nSPS) is 17.8. The maximum atomic E-state index is 13.3. The minimum absolute atomic E-state index is 0.140. The third-order valence-electron chi connectivity index (χ3n) is 4.42. The highest BCUT2D eigenvalue weighted by atomic mass is 32.2. The van der Waals surface area contributed by atoms with Gasteiger partial charge in [-0.3, -0.25) is 19.9 Å². The molecule has 0 saturated heterocycles. The molecule has 0 spiro atoms. The lowest BCUT2D eigenvalue weighted by molar-refractivity contribution is -0.140. The summed E-state index contributed by atoms with van der Waals surface area (Å²) in [6, 6.07) is 2.87. The van der Waals surface area contributed by atoms with Gasteiger partial charge in [-0.1, -0.05) is 6.92 Å². The average Bonchev–Trinajstić information content (AvgIpc) is 2.60. The number of Topliss-reactive ketones (excluding diaryl/α,β-unsaturated/α-hetero) is 2. The number of hydrogen-bond donors (Lipinski definition) is 1. The Bertz CT molecular complexity index is 757. The Hall–Kier alpha value is -1.87. The highest BCUT2D eigenvalue weighted by Gasteiger charge is 2.34. The van der Waals surface area contributed by atoms with Gasteiger partial charge in [0, 0.05) is 17.7 Å². The third-order valence-corrected chi connectivity index (χ3v) is 5.45. The Morgan fingerprint density at radius 2 is 1.89 bits per heavy atom. The smallest absolute Gasteiger partial charge is 0.294 e. The van der Waals surface area contributed by atoms with Crippen LogP contribution in [0.15, 0.2) is 34.4 Å². The molecule has 0 heterocycles. The molecule has 0 bridgehead atoms. The maximum absolute atomic E-state index is 13.3. The fourth-order valence-electron chi connectivity index (χ4n) is 3.07. The fraction of sp³-hybridized carbons (Fsp3) is 0.474. The van der Waals surface area contributed by atoms with Gasteiger partial charge in [-0.15, -0.1) is 11.8 Å². The van der Waals surface area contributed by atoms with E-state index in [1.807, 2.05) is 0 Å². The number of halogens is 4. The number of hydroxylamine groups is 1. The second-order valence-electron chi connectivity index (χ2n) is 6.41. The average molecular weight is 419 g/mol.